The zero-order chi connectivity index (χ0) is 19.9. The van der Waals surface area contributed by atoms with Crippen LogP contribution in [0.25, 0.3) is 0 Å². The van der Waals surface area contributed by atoms with E-state index in [4.69, 9.17) is 4.74 Å². The Morgan fingerprint density at radius 3 is 2.22 bits per heavy atom. The molecule has 27 heavy (non-hydrogen) atoms. The Kier molecular flexibility index (Phi) is 6.65. The summed E-state index contributed by atoms with van der Waals surface area (Å²) in [6.07, 6.45) is 3.28. The molecule has 0 saturated carbocycles. The number of ether oxygens (including phenoxy) is 1. The number of pyridine rings is 1. The van der Waals surface area contributed by atoms with Gasteiger partial charge in [0.15, 0.2) is 0 Å². The van der Waals surface area contributed by atoms with Crippen LogP contribution in [0, 0.1) is 5.41 Å². The van der Waals surface area contributed by atoms with E-state index in [1.165, 1.54) is 0 Å². The second-order valence-corrected chi connectivity index (χ2v) is 6.42. The molecule has 0 aliphatic carbocycles. The Bertz CT molecular complexity index is 802. The summed E-state index contributed by atoms with van der Waals surface area (Å²) in [6.45, 7) is 5.44. The molecule has 2 aromatic rings. The molecule has 0 bridgehead atoms. The summed E-state index contributed by atoms with van der Waals surface area (Å²) in [5.74, 6) is -1.26. The number of carbonyl (C=O) groups excluding carboxylic acids is 3. The summed E-state index contributed by atoms with van der Waals surface area (Å²) in [5.41, 5.74) is 0.503. The van der Waals surface area contributed by atoms with E-state index in [2.05, 4.69) is 15.6 Å². The van der Waals surface area contributed by atoms with E-state index in [1.54, 1.807) is 69.6 Å². The number of anilines is 1. The molecule has 1 heterocycles. The molecule has 2 rings (SSSR count). The number of rotatable bonds is 7. The smallest absolute Gasteiger partial charge is 0.338 e. The van der Waals surface area contributed by atoms with Crippen molar-refractivity contribution in [2.45, 2.75) is 27.3 Å². The topological polar surface area (TPSA) is 97.4 Å². The molecule has 7 heteroatoms. The molecule has 0 unspecified atom stereocenters. The average Bonchev–Trinajstić information content (AvgIpc) is 2.67. The van der Waals surface area contributed by atoms with E-state index < -0.39 is 17.3 Å². The van der Waals surface area contributed by atoms with E-state index in [9.17, 15) is 14.4 Å². The van der Waals surface area contributed by atoms with Gasteiger partial charge in [-0.1, -0.05) is 0 Å². The van der Waals surface area contributed by atoms with Gasteiger partial charge in [-0.2, -0.15) is 0 Å². The molecular formula is C20H23N3O4. The molecule has 0 spiro atoms. The van der Waals surface area contributed by atoms with Gasteiger partial charge in [0.05, 0.1) is 12.2 Å². The van der Waals surface area contributed by atoms with Gasteiger partial charge in [-0.25, -0.2) is 4.79 Å². The number of hydrogen-bond donors (Lipinski definition) is 2. The van der Waals surface area contributed by atoms with Crippen molar-refractivity contribution in [2.75, 3.05) is 11.9 Å². The monoisotopic (exact) mass is 369 g/mol. The van der Waals surface area contributed by atoms with Crippen LogP contribution in [0.5, 0.6) is 0 Å². The minimum atomic E-state index is -1.27. The maximum atomic E-state index is 12.5. The maximum absolute atomic E-state index is 12.5. The lowest BCUT2D eigenvalue weighted by molar-refractivity contribution is -0.138. The number of amides is 2. The third kappa shape index (κ3) is 5.37. The summed E-state index contributed by atoms with van der Waals surface area (Å²) >= 11 is 0. The van der Waals surface area contributed by atoms with Crippen molar-refractivity contribution in [1.82, 2.24) is 10.3 Å². The molecule has 1 aromatic heterocycles. The lowest BCUT2D eigenvalue weighted by Gasteiger charge is -2.22. The van der Waals surface area contributed by atoms with E-state index in [-0.39, 0.29) is 5.91 Å². The van der Waals surface area contributed by atoms with E-state index >= 15 is 0 Å². The summed E-state index contributed by atoms with van der Waals surface area (Å²) in [5, 5.41) is 5.45. The zero-order valence-electron chi connectivity index (χ0n) is 15.6. The van der Waals surface area contributed by atoms with Crippen molar-refractivity contribution < 1.29 is 19.1 Å². The first kappa shape index (κ1) is 20.1. The fourth-order valence-electron chi connectivity index (χ4n) is 2.20. The zero-order valence-corrected chi connectivity index (χ0v) is 15.6. The van der Waals surface area contributed by atoms with Crippen molar-refractivity contribution >= 4 is 23.5 Å². The minimum absolute atomic E-state index is 0.292. The number of nitrogens with one attached hydrogen (secondary N) is 2. The van der Waals surface area contributed by atoms with Crippen LogP contribution >= 0.6 is 0 Å². The third-order valence-corrected chi connectivity index (χ3v) is 3.99. The molecule has 7 nitrogen and oxygen atoms in total. The second-order valence-electron chi connectivity index (χ2n) is 6.42. The highest BCUT2D eigenvalue weighted by molar-refractivity contribution is 6.09. The van der Waals surface area contributed by atoms with Crippen LogP contribution in [0.2, 0.25) is 0 Å². The summed E-state index contributed by atoms with van der Waals surface area (Å²) in [7, 11) is 0. The number of nitrogens with zero attached hydrogens (tertiary/aromatic N) is 1. The molecule has 0 saturated heterocycles. The Balaban J connectivity index is 1.96. The van der Waals surface area contributed by atoms with Gasteiger partial charge in [-0.15, -0.1) is 0 Å². The van der Waals surface area contributed by atoms with Crippen molar-refractivity contribution in [1.29, 1.82) is 0 Å². The number of benzene rings is 1. The van der Waals surface area contributed by atoms with Gasteiger partial charge in [0, 0.05) is 24.6 Å². The minimum Gasteiger partial charge on any atom is -0.462 e. The van der Waals surface area contributed by atoms with Crippen LogP contribution in [0.4, 0.5) is 5.69 Å². The van der Waals surface area contributed by atoms with Crippen molar-refractivity contribution in [3.8, 4) is 0 Å². The van der Waals surface area contributed by atoms with Crippen LogP contribution in [-0.4, -0.2) is 29.4 Å². The van der Waals surface area contributed by atoms with Crippen molar-refractivity contribution in [3.63, 3.8) is 0 Å². The Labute approximate surface area is 158 Å². The molecular weight excluding hydrogens is 346 g/mol. The first-order chi connectivity index (χ1) is 12.8. The van der Waals surface area contributed by atoms with Crippen LogP contribution < -0.4 is 10.6 Å². The first-order valence-corrected chi connectivity index (χ1v) is 8.60. The van der Waals surface area contributed by atoms with Gasteiger partial charge in [-0.3, -0.25) is 14.6 Å². The van der Waals surface area contributed by atoms with Gasteiger partial charge in [0.2, 0.25) is 11.8 Å². The Morgan fingerprint density at radius 1 is 1.00 bits per heavy atom. The third-order valence-electron chi connectivity index (χ3n) is 3.99. The van der Waals surface area contributed by atoms with E-state index in [1.807, 2.05) is 0 Å². The molecule has 0 atom stereocenters. The van der Waals surface area contributed by atoms with Crippen LogP contribution in [0.1, 0.15) is 36.7 Å². The van der Waals surface area contributed by atoms with Gasteiger partial charge >= 0.3 is 5.97 Å². The molecule has 0 aliphatic rings. The molecule has 2 amide bonds. The van der Waals surface area contributed by atoms with Crippen molar-refractivity contribution in [2.24, 2.45) is 5.41 Å². The summed E-state index contributed by atoms with van der Waals surface area (Å²) < 4.78 is 4.91. The molecule has 1 aromatic carbocycles. The molecule has 142 valence electrons. The van der Waals surface area contributed by atoms with Crippen LogP contribution in [-0.2, 0) is 20.9 Å². The highest BCUT2D eigenvalue weighted by Crippen LogP contribution is 2.20. The number of aromatic nitrogens is 1. The Morgan fingerprint density at radius 2 is 1.63 bits per heavy atom. The first-order valence-electron chi connectivity index (χ1n) is 8.60. The van der Waals surface area contributed by atoms with E-state index in [0.717, 1.165) is 5.56 Å². The van der Waals surface area contributed by atoms with Crippen LogP contribution in [0.3, 0.4) is 0 Å². The van der Waals surface area contributed by atoms with Gasteiger partial charge in [-0.05, 0) is 62.7 Å². The highest BCUT2D eigenvalue weighted by Gasteiger charge is 2.35. The molecule has 2 N–H and O–H groups in total. The summed E-state index contributed by atoms with van der Waals surface area (Å²) in [6, 6.07) is 9.88. The second kappa shape index (κ2) is 8.93. The van der Waals surface area contributed by atoms with Gasteiger partial charge < -0.3 is 15.4 Å². The highest BCUT2D eigenvalue weighted by atomic mass is 16.5. The fourth-order valence-corrected chi connectivity index (χ4v) is 2.20. The lowest BCUT2D eigenvalue weighted by atomic mass is 9.90. The number of esters is 1. The predicted molar refractivity (Wildman–Crippen MR) is 101 cm³/mol. The fraction of sp³-hybridized carbons (Fsp3) is 0.300. The van der Waals surface area contributed by atoms with Gasteiger partial charge in [0.25, 0.3) is 0 Å². The quantitative estimate of drug-likeness (QED) is 0.577. The molecule has 0 radical (unpaired) electrons. The largest absolute Gasteiger partial charge is 0.462 e. The van der Waals surface area contributed by atoms with Crippen molar-refractivity contribution in [3.05, 3.63) is 59.9 Å². The van der Waals surface area contributed by atoms with Crippen LogP contribution in [0.15, 0.2) is 48.8 Å². The SMILES string of the molecule is CCOC(=O)c1ccc(NC(=O)C(C)(C)C(=O)NCc2ccncc2)cc1. The average molecular weight is 369 g/mol. The maximum Gasteiger partial charge on any atom is 0.338 e. The predicted octanol–water partition coefficient (Wildman–Crippen LogP) is 2.54. The number of hydrogen-bond acceptors (Lipinski definition) is 5. The summed E-state index contributed by atoms with van der Waals surface area (Å²) in [4.78, 5) is 40.5. The normalized spacial score (nSPS) is 10.8. The van der Waals surface area contributed by atoms with Gasteiger partial charge in [0.1, 0.15) is 5.41 Å². The Hall–Kier alpha value is -3.22. The van der Waals surface area contributed by atoms with E-state index in [0.29, 0.717) is 24.4 Å². The molecule has 0 aliphatic heterocycles. The number of carbonyl (C=O) groups is 3. The standard InChI is InChI=1S/C20H23N3O4/c1-4-27-17(24)15-5-7-16(8-6-15)23-19(26)20(2,3)18(25)22-13-14-9-11-21-12-10-14/h5-12H,4,13H2,1-3H3,(H,22,25)(H,23,26). The lowest BCUT2D eigenvalue weighted by Crippen LogP contribution is -2.44. The molecule has 0 fully saturated rings.